The Balaban J connectivity index is 1.90. The van der Waals surface area contributed by atoms with Crippen molar-refractivity contribution in [2.24, 2.45) is 11.7 Å². The lowest BCUT2D eigenvalue weighted by atomic mass is 10.1. The molecule has 0 aromatic heterocycles. The van der Waals surface area contributed by atoms with E-state index in [0.29, 0.717) is 24.7 Å². The third-order valence-corrected chi connectivity index (χ3v) is 4.21. The molecule has 0 radical (unpaired) electrons. The van der Waals surface area contributed by atoms with Gasteiger partial charge in [0, 0.05) is 4.90 Å². The second-order valence-electron chi connectivity index (χ2n) is 5.60. The predicted molar refractivity (Wildman–Crippen MR) is 90.6 cm³/mol. The summed E-state index contributed by atoms with van der Waals surface area (Å²) >= 11 is 1.25. The van der Waals surface area contributed by atoms with Gasteiger partial charge in [-0.2, -0.15) is 0 Å². The van der Waals surface area contributed by atoms with Gasteiger partial charge in [0.1, 0.15) is 13.2 Å². The third kappa shape index (κ3) is 5.56. The summed E-state index contributed by atoms with van der Waals surface area (Å²) in [5.74, 6) is -0.306. The molecule has 0 saturated carbocycles. The predicted octanol–water partition coefficient (Wildman–Crippen LogP) is 1.31. The molecule has 1 aromatic rings. The second kappa shape index (κ2) is 8.61. The van der Waals surface area contributed by atoms with E-state index in [9.17, 15) is 14.4 Å². The van der Waals surface area contributed by atoms with Gasteiger partial charge in [-0.05, 0) is 24.1 Å². The number of carbonyl (C=O) groups is 3. The average molecular weight is 368 g/mol. The fourth-order valence-electron chi connectivity index (χ4n) is 2.12. The number of hydrogen-bond donors (Lipinski definition) is 2. The number of imide groups is 1. The Kier molecular flexibility index (Phi) is 6.51. The van der Waals surface area contributed by atoms with E-state index in [1.807, 2.05) is 11.4 Å². The lowest BCUT2D eigenvalue weighted by molar-refractivity contribution is -0.155. The minimum atomic E-state index is -1.08. The SMILES string of the molecule is CC(C)[C@H](OC(=O)CSc1ccc2c(c1)OCCO2)C(=O)NC(N)=O. The van der Waals surface area contributed by atoms with E-state index < -0.39 is 24.0 Å². The van der Waals surface area contributed by atoms with Gasteiger partial charge in [0.25, 0.3) is 5.91 Å². The van der Waals surface area contributed by atoms with Gasteiger partial charge in [-0.15, -0.1) is 11.8 Å². The summed E-state index contributed by atoms with van der Waals surface area (Å²) in [6, 6.07) is 4.38. The number of fused-ring (bicyclic) bond motifs is 1. The Morgan fingerprint density at radius 1 is 1.24 bits per heavy atom. The highest BCUT2D eigenvalue weighted by atomic mass is 32.2. The number of thioether (sulfide) groups is 1. The quantitative estimate of drug-likeness (QED) is 0.574. The highest BCUT2D eigenvalue weighted by molar-refractivity contribution is 8.00. The summed E-state index contributed by atoms with van der Waals surface area (Å²) in [6.07, 6.45) is -1.08. The summed E-state index contributed by atoms with van der Waals surface area (Å²) in [4.78, 5) is 35.4. The Bertz CT molecular complexity index is 664. The number of nitrogens with one attached hydrogen (secondary N) is 1. The molecule has 0 bridgehead atoms. The van der Waals surface area contributed by atoms with Crippen LogP contribution in [0.15, 0.2) is 23.1 Å². The van der Waals surface area contributed by atoms with Crippen LogP contribution in [0.1, 0.15) is 13.8 Å². The van der Waals surface area contributed by atoms with Gasteiger partial charge >= 0.3 is 12.0 Å². The molecular formula is C16H20N2O6S. The molecule has 0 spiro atoms. The van der Waals surface area contributed by atoms with Crippen LogP contribution >= 0.6 is 11.8 Å². The molecule has 3 amide bonds. The topological polar surface area (TPSA) is 117 Å². The molecule has 1 aromatic carbocycles. The molecule has 1 heterocycles. The Morgan fingerprint density at radius 2 is 1.92 bits per heavy atom. The van der Waals surface area contributed by atoms with Crippen LogP contribution in [0, 0.1) is 5.92 Å². The fourth-order valence-corrected chi connectivity index (χ4v) is 2.82. The monoisotopic (exact) mass is 368 g/mol. The zero-order valence-corrected chi connectivity index (χ0v) is 14.8. The summed E-state index contributed by atoms with van der Waals surface area (Å²) in [6.45, 7) is 4.39. The van der Waals surface area contributed by atoms with Gasteiger partial charge in [0.15, 0.2) is 17.6 Å². The zero-order valence-electron chi connectivity index (χ0n) is 13.9. The summed E-state index contributed by atoms with van der Waals surface area (Å²) in [5, 5.41) is 1.92. The number of primary amides is 1. The van der Waals surface area contributed by atoms with E-state index in [0.717, 1.165) is 4.90 Å². The van der Waals surface area contributed by atoms with E-state index >= 15 is 0 Å². The first kappa shape index (κ1) is 18.9. The van der Waals surface area contributed by atoms with Crippen molar-refractivity contribution in [1.29, 1.82) is 0 Å². The van der Waals surface area contributed by atoms with Crippen LogP contribution in [0.3, 0.4) is 0 Å². The van der Waals surface area contributed by atoms with E-state index in [-0.39, 0.29) is 11.7 Å². The number of ether oxygens (including phenoxy) is 3. The van der Waals surface area contributed by atoms with Crippen LogP contribution in [0.4, 0.5) is 4.79 Å². The standard InChI is InChI=1S/C16H20N2O6S/c1-9(2)14(15(20)18-16(17)21)24-13(19)8-25-10-3-4-11-12(7-10)23-6-5-22-11/h3-4,7,9,14H,5-6,8H2,1-2H3,(H3,17,18,20,21)/t14-/m0/s1. The van der Waals surface area contributed by atoms with Crippen LogP contribution in [0.5, 0.6) is 11.5 Å². The number of benzene rings is 1. The number of nitrogens with two attached hydrogens (primary N) is 1. The zero-order chi connectivity index (χ0) is 18.4. The molecular weight excluding hydrogens is 348 g/mol. The second-order valence-corrected chi connectivity index (χ2v) is 6.65. The number of esters is 1. The molecule has 8 nitrogen and oxygen atoms in total. The van der Waals surface area contributed by atoms with Crippen LogP contribution in [0.25, 0.3) is 0 Å². The smallest absolute Gasteiger partial charge is 0.318 e. The molecule has 0 aliphatic carbocycles. The van der Waals surface area contributed by atoms with Crippen molar-refractivity contribution in [2.45, 2.75) is 24.8 Å². The van der Waals surface area contributed by atoms with Crippen molar-refractivity contribution < 1.29 is 28.6 Å². The molecule has 2 rings (SSSR count). The molecule has 136 valence electrons. The molecule has 0 unspecified atom stereocenters. The summed E-state index contributed by atoms with van der Waals surface area (Å²) < 4.78 is 16.1. The number of urea groups is 1. The van der Waals surface area contributed by atoms with Crippen LogP contribution in [-0.4, -0.2) is 43.0 Å². The van der Waals surface area contributed by atoms with Crippen molar-refractivity contribution in [3.8, 4) is 11.5 Å². The van der Waals surface area contributed by atoms with Gasteiger partial charge in [-0.1, -0.05) is 13.8 Å². The van der Waals surface area contributed by atoms with E-state index in [1.54, 1.807) is 26.0 Å². The Labute approximate surface area is 149 Å². The molecule has 1 atom stereocenters. The maximum absolute atomic E-state index is 12.0. The first-order valence-corrected chi connectivity index (χ1v) is 8.67. The van der Waals surface area contributed by atoms with Gasteiger partial charge in [-0.25, -0.2) is 4.79 Å². The lowest BCUT2D eigenvalue weighted by Gasteiger charge is -2.20. The maximum atomic E-state index is 12.0. The van der Waals surface area contributed by atoms with Crippen LogP contribution in [-0.2, 0) is 14.3 Å². The molecule has 25 heavy (non-hydrogen) atoms. The van der Waals surface area contributed by atoms with Crippen LogP contribution in [0.2, 0.25) is 0 Å². The fraction of sp³-hybridized carbons (Fsp3) is 0.438. The van der Waals surface area contributed by atoms with Gasteiger partial charge in [0.2, 0.25) is 0 Å². The molecule has 3 N–H and O–H groups in total. The molecule has 1 aliphatic rings. The normalized spacial score (nSPS) is 13.9. The number of carbonyl (C=O) groups excluding carboxylic acids is 3. The summed E-state index contributed by atoms with van der Waals surface area (Å²) in [5.41, 5.74) is 4.91. The van der Waals surface area contributed by atoms with Gasteiger partial charge < -0.3 is 19.9 Å². The highest BCUT2D eigenvalue weighted by Crippen LogP contribution is 2.34. The largest absolute Gasteiger partial charge is 0.486 e. The number of amides is 3. The van der Waals surface area contributed by atoms with Crippen molar-refractivity contribution in [2.75, 3.05) is 19.0 Å². The average Bonchev–Trinajstić information content (AvgIpc) is 2.56. The maximum Gasteiger partial charge on any atom is 0.318 e. The van der Waals surface area contributed by atoms with E-state index in [1.165, 1.54) is 11.8 Å². The van der Waals surface area contributed by atoms with Crippen molar-refractivity contribution in [3.63, 3.8) is 0 Å². The molecule has 9 heteroatoms. The lowest BCUT2D eigenvalue weighted by Crippen LogP contribution is -2.45. The highest BCUT2D eigenvalue weighted by Gasteiger charge is 2.27. The van der Waals surface area contributed by atoms with Gasteiger partial charge in [0.05, 0.1) is 5.75 Å². The molecule has 0 fully saturated rings. The van der Waals surface area contributed by atoms with Crippen molar-refractivity contribution >= 4 is 29.7 Å². The first-order chi connectivity index (χ1) is 11.9. The van der Waals surface area contributed by atoms with E-state index in [4.69, 9.17) is 19.9 Å². The van der Waals surface area contributed by atoms with Crippen LogP contribution < -0.4 is 20.5 Å². The third-order valence-electron chi connectivity index (χ3n) is 3.24. The van der Waals surface area contributed by atoms with Gasteiger partial charge in [-0.3, -0.25) is 14.9 Å². The minimum Gasteiger partial charge on any atom is -0.486 e. The molecule has 0 saturated heterocycles. The Morgan fingerprint density at radius 3 is 2.56 bits per heavy atom. The summed E-state index contributed by atoms with van der Waals surface area (Å²) in [7, 11) is 0. The van der Waals surface area contributed by atoms with E-state index in [2.05, 4.69) is 0 Å². The first-order valence-electron chi connectivity index (χ1n) is 7.69. The minimum absolute atomic E-state index is 0.00666. The Hall–Kier alpha value is -2.42. The van der Waals surface area contributed by atoms with Crippen molar-refractivity contribution in [3.05, 3.63) is 18.2 Å². The van der Waals surface area contributed by atoms with Crippen molar-refractivity contribution in [1.82, 2.24) is 5.32 Å². The molecule has 1 aliphatic heterocycles. The number of hydrogen-bond acceptors (Lipinski definition) is 7. The number of rotatable bonds is 6.